The number of amides is 1. The quantitative estimate of drug-likeness (QED) is 0.382. The number of hydrogen-bond donors (Lipinski definition) is 0. The van der Waals surface area contributed by atoms with Crippen molar-refractivity contribution in [3.05, 3.63) is 55.1 Å². The molecule has 0 unspecified atom stereocenters. The van der Waals surface area contributed by atoms with Gasteiger partial charge >= 0.3 is 0 Å². The Labute approximate surface area is 180 Å². The minimum absolute atomic E-state index is 0.00343. The van der Waals surface area contributed by atoms with Gasteiger partial charge in [-0.15, -0.1) is 11.3 Å². The zero-order valence-corrected chi connectivity index (χ0v) is 19.5. The van der Waals surface area contributed by atoms with Crippen molar-refractivity contribution in [2.24, 2.45) is 0 Å². The Balaban J connectivity index is 1.78. The summed E-state index contributed by atoms with van der Waals surface area (Å²) >= 11 is 6.37. The first-order chi connectivity index (χ1) is 13.3. The van der Waals surface area contributed by atoms with Crippen LogP contribution in [0.3, 0.4) is 0 Å². The Kier molecular flexibility index (Phi) is 6.62. The van der Waals surface area contributed by atoms with Crippen LogP contribution in [-0.2, 0) is 17.9 Å². The van der Waals surface area contributed by atoms with E-state index >= 15 is 0 Å². The number of nitrogens with zero attached hydrogens (tertiary/aromatic N) is 3. The normalized spacial score (nSPS) is 11.2. The second kappa shape index (κ2) is 8.80. The maximum atomic E-state index is 12.9. The summed E-state index contributed by atoms with van der Waals surface area (Å²) in [5.41, 5.74) is 2.03. The lowest BCUT2D eigenvalue weighted by atomic mass is 10.2. The molecule has 2 aromatic heterocycles. The van der Waals surface area contributed by atoms with Gasteiger partial charge in [0.05, 0.1) is 11.1 Å². The monoisotopic (exact) mass is 479 g/mol. The fourth-order valence-corrected chi connectivity index (χ4v) is 5.39. The molecule has 3 rings (SSSR count). The number of thiophene rings is 1. The molecule has 0 radical (unpaired) electrons. The van der Waals surface area contributed by atoms with Gasteiger partial charge in [-0.05, 0) is 38.0 Å². The standard InChI is InChI=1S/C20H22BrN3O2S2/c1-5-24-19(26)17-12(2)13(3)28-18(17)22-20(24)27-11-16(25)23(4)10-14-8-6-7-9-15(14)21/h6-9H,5,10-11H2,1-4H3. The van der Waals surface area contributed by atoms with Crippen LogP contribution >= 0.6 is 39.0 Å². The Morgan fingerprint density at radius 1 is 1.32 bits per heavy atom. The molecule has 1 amide bonds. The number of aryl methyl sites for hydroxylation is 2. The zero-order valence-electron chi connectivity index (χ0n) is 16.3. The van der Waals surface area contributed by atoms with Gasteiger partial charge in [-0.2, -0.15) is 0 Å². The fourth-order valence-electron chi connectivity index (χ4n) is 2.90. The Morgan fingerprint density at radius 2 is 2.04 bits per heavy atom. The van der Waals surface area contributed by atoms with Crippen molar-refractivity contribution in [2.45, 2.75) is 39.0 Å². The summed E-state index contributed by atoms with van der Waals surface area (Å²) in [4.78, 5) is 33.7. The molecular formula is C20H22BrN3O2S2. The number of benzene rings is 1. The van der Waals surface area contributed by atoms with E-state index in [1.807, 2.05) is 45.0 Å². The van der Waals surface area contributed by atoms with Crippen LogP contribution in [0, 0.1) is 13.8 Å². The molecule has 0 aliphatic rings. The smallest absolute Gasteiger partial charge is 0.263 e. The molecule has 0 saturated heterocycles. The Bertz CT molecular complexity index is 1090. The number of halogens is 1. The summed E-state index contributed by atoms with van der Waals surface area (Å²) in [7, 11) is 1.79. The first kappa shape index (κ1) is 21.1. The Morgan fingerprint density at radius 3 is 2.71 bits per heavy atom. The summed E-state index contributed by atoms with van der Waals surface area (Å²) in [6.45, 7) is 6.94. The number of carbonyl (C=O) groups excluding carboxylic acids is 1. The number of aromatic nitrogens is 2. The van der Waals surface area contributed by atoms with Crippen molar-refractivity contribution in [3.63, 3.8) is 0 Å². The van der Waals surface area contributed by atoms with Gasteiger partial charge in [0.1, 0.15) is 4.83 Å². The number of thioether (sulfide) groups is 1. The fraction of sp³-hybridized carbons (Fsp3) is 0.350. The summed E-state index contributed by atoms with van der Waals surface area (Å²) in [5, 5.41) is 1.30. The van der Waals surface area contributed by atoms with E-state index in [-0.39, 0.29) is 17.2 Å². The molecule has 0 bridgehead atoms. The van der Waals surface area contributed by atoms with Crippen LogP contribution in [0.2, 0.25) is 0 Å². The zero-order chi connectivity index (χ0) is 20.4. The highest BCUT2D eigenvalue weighted by atomic mass is 79.9. The van der Waals surface area contributed by atoms with Gasteiger partial charge in [0, 0.05) is 29.5 Å². The average molecular weight is 480 g/mol. The second-order valence-corrected chi connectivity index (χ2v) is 9.54. The van der Waals surface area contributed by atoms with E-state index in [9.17, 15) is 9.59 Å². The molecule has 0 spiro atoms. The molecule has 148 valence electrons. The highest BCUT2D eigenvalue weighted by Gasteiger charge is 2.18. The van der Waals surface area contributed by atoms with Crippen LogP contribution in [0.15, 0.2) is 38.7 Å². The van der Waals surface area contributed by atoms with Crippen LogP contribution in [0.5, 0.6) is 0 Å². The van der Waals surface area contributed by atoms with E-state index in [1.54, 1.807) is 16.5 Å². The van der Waals surface area contributed by atoms with Gasteiger partial charge in [-0.25, -0.2) is 4.98 Å². The van der Waals surface area contributed by atoms with Crippen molar-refractivity contribution in [3.8, 4) is 0 Å². The predicted octanol–water partition coefficient (Wildman–Crippen LogP) is 4.61. The van der Waals surface area contributed by atoms with Gasteiger partial charge < -0.3 is 4.90 Å². The highest BCUT2D eigenvalue weighted by molar-refractivity contribution is 9.10. The van der Waals surface area contributed by atoms with Gasteiger partial charge in [0.2, 0.25) is 5.91 Å². The molecule has 0 N–H and O–H groups in total. The minimum atomic E-state index is -0.0223. The van der Waals surface area contributed by atoms with Crippen LogP contribution in [0.1, 0.15) is 22.9 Å². The van der Waals surface area contributed by atoms with E-state index in [0.717, 1.165) is 25.3 Å². The number of carbonyl (C=O) groups is 1. The maximum absolute atomic E-state index is 12.9. The molecule has 0 atom stereocenters. The van der Waals surface area contributed by atoms with Crippen LogP contribution in [-0.4, -0.2) is 33.2 Å². The van der Waals surface area contributed by atoms with Gasteiger partial charge in [-0.3, -0.25) is 14.2 Å². The first-order valence-corrected chi connectivity index (χ1v) is 11.5. The van der Waals surface area contributed by atoms with Crippen LogP contribution in [0.25, 0.3) is 10.2 Å². The summed E-state index contributed by atoms with van der Waals surface area (Å²) < 4.78 is 2.64. The minimum Gasteiger partial charge on any atom is -0.341 e. The van der Waals surface area contributed by atoms with Crippen LogP contribution < -0.4 is 5.56 Å². The third kappa shape index (κ3) is 4.18. The molecule has 0 aliphatic carbocycles. The molecular weight excluding hydrogens is 458 g/mol. The van der Waals surface area contributed by atoms with E-state index < -0.39 is 0 Å². The van der Waals surface area contributed by atoms with Gasteiger partial charge in [0.15, 0.2) is 5.16 Å². The van der Waals surface area contributed by atoms with E-state index in [1.165, 1.54) is 23.1 Å². The van der Waals surface area contributed by atoms with Crippen LogP contribution in [0.4, 0.5) is 0 Å². The van der Waals surface area contributed by atoms with Crippen molar-refractivity contribution in [1.29, 1.82) is 0 Å². The van der Waals surface area contributed by atoms with Crippen molar-refractivity contribution in [2.75, 3.05) is 12.8 Å². The SMILES string of the molecule is CCn1c(SCC(=O)N(C)Cc2ccccc2Br)nc2sc(C)c(C)c2c1=O. The summed E-state index contributed by atoms with van der Waals surface area (Å²) in [6, 6.07) is 7.86. The lowest BCUT2D eigenvalue weighted by Gasteiger charge is -2.18. The largest absolute Gasteiger partial charge is 0.341 e. The second-order valence-electron chi connectivity index (χ2n) is 6.54. The van der Waals surface area contributed by atoms with Crippen molar-refractivity contribution < 1.29 is 4.79 Å². The first-order valence-electron chi connectivity index (χ1n) is 8.94. The Hall–Kier alpha value is -1.64. The van der Waals surface area contributed by atoms with Crippen molar-refractivity contribution >= 4 is 55.2 Å². The summed E-state index contributed by atoms with van der Waals surface area (Å²) in [6.07, 6.45) is 0. The maximum Gasteiger partial charge on any atom is 0.263 e. The van der Waals surface area contributed by atoms with Crippen molar-refractivity contribution in [1.82, 2.24) is 14.5 Å². The average Bonchev–Trinajstić information content (AvgIpc) is 2.95. The van der Waals surface area contributed by atoms with E-state index in [0.29, 0.717) is 23.6 Å². The highest BCUT2D eigenvalue weighted by Crippen LogP contribution is 2.28. The molecule has 28 heavy (non-hydrogen) atoms. The molecule has 8 heteroatoms. The lowest BCUT2D eigenvalue weighted by Crippen LogP contribution is -2.29. The number of rotatable bonds is 6. The predicted molar refractivity (Wildman–Crippen MR) is 120 cm³/mol. The van der Waals surface area contributed by atoms with E-state index in [4.69, 9.17) is 0 Å². The molecule has 3 aromatic rings. The molecule has 0 fully saturated rings. The number of hydrogen-bond acceptors (Lipinski definition) is 5. The molecule has 0 saturated carbocycles. The summed E-state index contributed by atoms with van der Waals surface area (Å²) in [5.74, 6) is 0.235. The molecule has 0 aliphatic heterocycles. The lowest BCUT2D eigenvalue weighted by molar-refractivity contribution is -0.127. The number of fused-ring (bicyclic) bond motifs is 1. The molecule has 2 heterocycles. The molecule has 5 nitrogen and oxygen atoms in total. The third-order valence-corrected chi connectivity index (χ3v) is 7.52. The van der Waals surface area contributed by atoms with Gasteiger partial charge in [0.25, 0.3) is 5.56 Å². The molecule has 1 aromatic carbocycles. The van der Waals surface area contributed by atoms with E-state index in [2.05, 4.69) is 20.9 Å². The topological polar surface area (TPSA) is 55.2 Å². The third-order valence-electron chi connectivity index (χ3n) is 4.69. The van der Waals surface area contributed by atoms with Gasteiger partial charge in [-0.1, -0.05) is 45.9 Å².